The van der Waals surface area contributed by atoms with Crippen LogP contribution in [0.3, 0.4) is 0 Å². The summed E-state index contributed by atoms with van der Waals surface area (Å²) in [5.41, 5.74) is 1.53. The molecule has 1 aliphatic carbocycles. The Labute approximate surface area is 118 Å². The fourth-order valence-corrected chi connectivity index (χ4v) is 2.49. The first-order valence-electron chi connectivity index (χ1n) is 6.88. The van der Waals surface area contributed by atoms with Crippen LogP contribution in [0, 0.1) is 0 Å². The lowest BCUT2D eigenvalue weighted by Gasteiger charge is -2.22. The minimum Gasteiger partial charge on any atom is -0.545 e. The predicted octanol–water partition coefficient (Wildman–Crippen LogP) is 1.48. The highest BCUT2D eigenvalue weighted by Crippen LogP contribution is 2.25. The summed E-state index contributed by atoms with van der Waals surface area (Å²) in [5.74, 6) is -1.51. The highest BCUT2D eigenvalue weighted by Gasteiger charge is 2.21. The lowest BCUT2D eigenvalue weighted by Crippen LogP contribution is -2.33. The van der Waals surface area contributed by atoms with Gasteiger partial charge in [-0.15, -0.1) is 0 Å². The molecule has 0 aliphatic heterocycles. The van der Waals surface area contributed by atoms with E-state index >= 15 is 0 Å². The molecule has 0 saturated carbocycles. The molecule has 4 heteroatoms. The number of aliphatic carboxylic acids is 1. The van der Waals surface area contributed by atoms with Gasteiger partial charge in [-0.1, -0.05) is 30.3 Å². The summed E-state index contributed by atoms with van der Waals surface area (Å²) in [6, 6.07) is 9.44. The Balaban J connectivity index is 2.13. The van der Waals surface area contributed by atoms with Crippen molar-refractivity contribution in [2.45, 2.75) is 38.6 Å². The Morgan fingerprint density at radius 1 is 1.10 bits per heavy atom. The van der Waals surface area contributed by atoms with E-state index in [4.69, 9.17) is 0 Å². The summed E-state index contributed by atoms with van der Waals surface area (Å²) in [6.45, 7) is 1.88. The summed E-state index contributed by atoms with van der Waals surface area (Å²) < 4.78 is 0. The van der Waals surface area contributed by atoms with Gasteiger partial charge < -0.3 is 15.2 Å². The summed E-state index contributed by atoms with van der Waals surface area (Å²) in [7, 11) is 0. The molecule has 1 aromatic carbocycles. The molecule has 1 amide bonds. The van der Waals surface area contributed by atoms with Crippen LogP contribution in [0.1, 0.15) is 44.2 Å². The molecule has 20 heavy (non-hydrogen) atoms. The van der Waals surface area contributed by atoms with E-state index in [1.807, 2.05) is 37.3 Å². The van der Waals surface area contributed by atoms with E-state index in [9.17, 15) is 14.7 Å². The summed E-state index contributed by atoms with van der Waals surface area (Å²) >= 11 is 0. The first kappa shape index (κ1) is 14.3. The lowest BCUT2D eigenvalue weighted by molar-refractivity contribution is -0.299. The second-order valence-corrected chi connectivity index (χ2v) is 5.06. The van der Waals surface area contributed by atoms with E-state index in [-0.39, 0.29) is 17.5 Å². The highest BCUT2D eigenvalue weighted by atomic mass is 16.4. The van der Waals surface area contributed by atoms with Gasteiger partial charge in [-0.05, 0) is 43.7 Å². The molecule has 1 atom stereocenters. The van der Waals surface area contributed by atoms with Gasteiger partial charge in [0.25, 0.3) is 0 Å². The fraction of sp³-hybridized carbons (Fsp3) is 0.375. The van der Waals surface area contributed by atoms with Gasteiger partial charge in [0, 0.05) is 5.57 Å². The van der Waals surface area contributed by atoms with Crippen LogP contribution >= 0.6 is 0 Å². The van der Waals surface area contributed by atoms with Gasteiger partial charge >= 0.3 is 0 Å². The SMILES string of the molecule is C[C@@H](NC(=O)C1=C(C(=O)[O-])CCCC1)c1ccccc1. The quantitative estimate of drug-likeness (QED) is 0.902. The van der Waals surface area contributed by atoms with Crippen molar-refractivity contribution in [3.05, 3.63) is 47.0 Å². The van der Waals surface area contributed by atoms with Crippen LogP contribution in [0.4, 0.5) is 0 Å². The normalized spacial score (nSPS) is 16.6. The van der Waals surface area contributed by atoms with E-state index in [2.05, 4.69) is 5.32 Å². The highest BCUT2D eigenvalue weighted by molar-refractivity contribution is 6.01. The summed E-state index contributed by atoms with van der Waals surface area (Å²) in [6.07, 6.45) is 2.58. The van der Waals surface area contributed by atoms with Crippen molar-refractivity contribution in [3.63, 3.8) is 0 Å². The Morgan fingerprint density at radius 3 is 2.30 bits per heavy atom. The number of hydrogen-bond donors (Lipinski definition) is 1. The van der Waals surface area contributed by atoms with Crippen molar-refractivity contribution in [3.8, 4) is 0 Å². The average molecular weight is 272 g/mol. The summed E-state index contributed by atoms with van der Waals surface area (Å²) in [4.78, 5) is 23.3. The number of carboxylic acids is 1. The first-order valence-corrected chi connectivity index (χ1v) is 6.88. The van der Waals surface area contributed by atoms with Crippen LogP contribution in [0.15, 0.2) is 41.5 Å². The van der Waals surface area contributed by atoms with Crippen LogP contribution in [-0.4, -0.2) is 11.9 Å². The molecule has 1 N–H and O–H groups in total. The molecule has 1 aromatic rings. The number of hydrogen-bond acceptors (Lipinski definition) is 3. The van der Waals surface area contributed by atoms with Crippen molar-refractivity contribution in [1.29, 1.82) is 0 Å². The molecule has 0 fully saturated rings. The number of benzene rings is 1. The van der Waals surface area contributed by atoms with Crippen LogP contribution in [0.5, 0.6) is 0 Å². The predicted molar refractivity (Wildman–Crippen MR) is 73.5 cm³/mol. The van der Waals surface area contributed by atoms with Gasteiger partial charge in [0.15, 0.2) is 0 Å². The molecule has 0 radical (unpaired) electrons. The van der Waals surface area contributed by atoms with Crippen LogP contribution < -0.4 is 10.4 Å². The number of carboxylic acid groups (broad SMARTS) is 1. The number of amides is 1. The first-order chi connectivity index (χ1) is 9.59. The summed E-state index contributed by atoms with van der Waals surface area (Å²) in [5, 5.41) is 13.9. The number of rotatable bonds is 4. The van der Waals surface area contributed by atoms with Crippen molar-refractivity contribution >= 4 is 11.9 Å². The minimum atomic E-state index is -1.22. The Bertz CT molecular complexity index is 534. The monoisotopic (exact) mass is 272 g/mol. The maximum Gasteiger partial charge on any atom is 0.248 e. The molecular weight excluding hydrogens is 254 g/mol. The number of carbonyl (C=O) groups is 2. The van der Waals surface area contributed by atoms with Crippen LogP contribution in [-0.2, 0) is 9.59 Å². The van der Waals surface area contributed by atoms with Gasteiger partial charge in [0.05, 0.1) is 12.0 Å². The Hall–Kier alpha value is -2.10. The topological polar surface area (TPSA) is 69.2 Å². The third-order valence-corrected chi connectivity index (χ3v) is 3.64. The largest absolute Gasteiger partial charge is 0.545 e. The molecule has 0 unspecified atom stereocenters. The van der Waals surface area contributed by atoms with Gasteiger partial charge in [-0.2, -0.15) is 0 Å². The molecule has 0 spiro atoms. The van der Waals surface area contributed by atoms with Gasteiger partial charge in [0.2, 0.25) is 5.91 Å². The molecule has 106 valence electrons. The maximum absolute atomic E-state index is 12.2. The van der Waals surface area contributed by atoms with E-state index in [1.165, 1.54) is 0 Å². The maximum atomic E-state index is 12.2. The molecule has 0 heterocycles. The van der Waals surface area contributed by atoms with E-state index < -0.39 is 5.97 Å². The third-order valence-electron chi connectivity index (χ3n) is 3.64. The molecular formula is C16H18NO3-. The standard InChI is InChI=1S/C16H19NO3/c1-11(12-7-3-2-4-8-12)17-15(18)13-9-5-6-10-14(13)16(19)20/h2-4,7-8,11H,5-6,9-10H2,1H3,(H,17,18)(H,19,20)/p-1/t11-/m1/s1. The average Bonchev–Trinajstić information content (AvgIpc) is 2.48. The van der Waals surface area contributed by atoms with E-state index in [0.29, 0.717) is 18.4 Å². The molecule has 0 saturated heterocycles. The lowest BCUT2D eigenvalue weighted by atomic mass is 9.91. The van der Waals surface area contributed by atoms with E-state index in [1.54, 1.807) is 0 Å². The van der Waals surface area contributed by atoms with Crippen molar-refractivity contribution in [1.82, 2.24) is 5.32 Å². The third kappa shape index (κ3) is 3.26. The molecule has 1 aliphatic rings. The van der Waals surface area contributed by atoms with Crippen molar-refractivity contribution in [2.24, 2.45) is 0 Å². The fourth-order valence-electron chi connectivity index (χ4n) is 2.49. The number of nitrogens with one attached hydrogen (secondary N) is 1. The van der Waals surface area contributed by atoms with Gasteiger partial charge in [-0.25, -0.2) is 0 Å². The smallest absolute Gasteiger partial charge is 0.248 e. The minimum absolute atomic E-state index is 0.152. The zero-order valence-corrected chi connectivity index (χ0v) is 11.5. The molecule has 0 aromatic heterocycles. The Kier molecular flexibility index (Phi) is 4.56. The number of carbonyl (C=O) groups excluding carboxylic acids is 2. The van der Waals surface area contributed by atoms with Crippen LogP contribution in [0.2, 0.25) is 0 Å². The Morgan fingerprint density at radius 2 is 1.70 bits per heavy atom. The molecule has 0 bridgehead atoms. The van der Waals surface area contributed by atoms with Gasteiger partial charge in [0.1, 0.15) is 0 Å². The second-order valence-electron chi connectivity index (χ2n) is 5.06. The molecule has 4 nitrogen and oxygen atoms in total. The second kappa shape index (κ2) is 6.37. The van der Waals surface area contributed by atoms with Gasteiger partial charge in [-0.3, -0.25) is 4.79 Å². The van der Waals surface area contributed by atoms with E-state index in [0.717, 1.165) is 18.4 Å². The van der Waals surface area contributed by atoms with Crippen molar-refractivity contribution in [2.75, 3.05) is 0 Å². The van der Waals surface area contributed by atoms with Crippen LogP contribution in [0.25, 0.3) is 0 Å². The van der Waals surface area contributed by atoms with Crippen molar-refractivity contribution < 1.29 is 14.7 Å². The zero-order chi connectivity index (χ0) is 14.5. The molecule has 2 rings (SSSR count). The zero-order valence-electron chi connectivity index (χ0n) is 11.5.